The minimum atomic E-state index is -0.505. The number of halogens is 1. The van der Waals surface area contributed by atoms with Gasteiger partial charge in [-0.3, -0.25) is 5.32 Å². The van der Waals surface area contributed by atoms with E-state index in [1.807, 2.05) is 20.9 Å². The van der Waals surface area contributed by atoms with Gasteiger partial charge in [0.05, 0.1) is 6.54 Å². The van der Waals surface area contributed by atoms with Crippen LogP contribution in [0.4, 0.5) is 20.7 Å². The standard InChI is InChI=1S/C28H32FN5O3/c1-16-15-34(3)25-17(2)22(14-32-26(25)36-16)21-8-18-10-24(31-13-19(18)9-23(21)29)33-27(35)37-20-11-28(12-20)4-6-30-7-5-28/h8-10,13-14,16,20,30H,4-7,11-12,15H2,1-3H3,(H,31,33,35). The Kier molecular flexibility index (Phi) is 5.90. The van der Waals surface area contributed by atoms with Crippen molar-refractivity contribution in [3.8, 4) is 17.0 Å². The zero-order chi connectivity index (χ0) is 25.7. The Balaban J connectivity index is 1.21. The number of hydrogen-bond acceptors (Lipinski definition) is 7. The molecule has 0 bridgehead atoms. The van der Waals surface area contributed by atoms with Crippen LogP contribution in [0.25, 0.3) is 21.9 Å². The monoisotopic (exact) mass is 505 g/mol. The summed E-state index contributed by atoms with van der Waals surface area (Å²) in [6.45, 7) is 6.76. The van der Waals surface area contributed by atoms with E-state index in [0.29, 0.717) is 33.6 Å². The predicted molar refractivity (Wildman–Crippen MR) is 141 cm³/mol. The van der Waals surface area contributed by atoms with Crippen molar-refractivity contribution in [2.75, 3.05) is 36.9 Å². The number of amides is 1. The molecule has 3 aromatic rings. The third-order valence-electron chi connectivity index (χ3n) is 8.09. The molecule has 1 unspecified atom stereocenters. The molecule has 194 valence electrons. The zero-order valence-corrected chi connectivity index (χ0v) is 21.4. The SMILES string of the molecule is Cc1c(-c2cc3cc(NC(=O)OC4CC5(CCNCC5)C4)ncc3cc2F)cnc2c1N(C)CC(C)O2. The van der Waals surface area contributed by atoms with Crippen molar-refractivity contribution in [3.05, 3.63) is 42.0 Å². The lowest BCUT2D eigenvalue weighted by atomic mass is 9.62. The van der Waals surface area contributed by atoms with Gasteiger partial charge in [-0.15, -0.1) is 0 Å². The number of nitrogens with zero attached hydrogens (tertiary/aromatic N) is 3. The van der Waals surface area contributed by atoms with Crippen molar-refractivity contribution in [1.82, 2.24) is 15.3 Å². The smallest absolute Gasteiger partial charge is 0.413 e. The highest BCUT2D eigenvalue weighted by Gasteiger charge is 2.46. The van der Waals surface area contributed by atoms with Crippen LogP contribution in [0.2, 0.25) is 0 Å². The second kappa shape index (κ2) is 9.13. The van der Waals surface area contributed by atoms with E-state index in [0.717, 1.165) is 62.0 Å². The Morgan fingerprint density at radius 3 is 2.73 bits per heavy atom. The van der Waals surface area contributed by atoms with Crippen molar-refractivity contribution in [1.29, 1.82) is 0 Å². The summed E-state index contributed by atoms with van der Waals surface area (Å²) >= 11 is 0. The average molecular weight is 506 g/mol. The van der Waals surface area contributed by atoms with Crippen molar-refractivity contribution in [2.24, 2.45) is 5.41 Å². The number of likely N-dealkylation sites (N-methyl/N-ethyl adjacent to an activating group) is 1. The summed E-state index contributed by atoms with van der Waals surface area (Å²) in [5.74, 6) is 0.577. The van der Waals surface area contributed by atoms with Crippen molar-refractivity contribution in [2.45, 2.75) is 51.7 Å². The van der Waals surface area contributed by atoms with Gasteiger partial charge in [0, 0.05) is 36.0 Å². The van der Waals surface area contributed by atoms with Crippen molar-refractivity contribution < 1.29 is 18.7 Å². The summed E-state index contributed by atoms with van der Waals surface area (Å²) in [4.78, 5) is 23.4. The molecule has 4 heterocycles. The molecule has 1 atom stereocenters. The summed E-state index contributed by atoms with van der Waals surface area (Å²) in [5, 5.41) is 7.53. The molecule has 1 spiro atoms. The van der Waals surface area contributed by atoms with Crippen LogP contribution in [0.1, 0.15) is 38.2 Å². The molecule has 2 aromatic heterocycles. The first-order valence-corrected chi connectivity index (χ1v) is 13.0. The van der Waals surface area contributed by atoms with Crippen molar-refractivity contribution in [3.63, 3.8) is 0 Å². The molecule has 37 heavy (non-hydrogen) atoms. The fourth-order valence-corrected chi connectivity index (χ4v) is 6.16. The van der Waals surface area contributed by atoms with E-state index < -0.39 is 6.09 Å². The first kappa shape index (κ1) is 23.9. The Morgan fingerprint density at radius 2 is 1.95 bits per heavy atom. The van der Waals surface area contributed by atoms with Gasteiger partial charge < -0.3 is 19.7 Å². The minimum absolute atomic E-state index is 0.0349. The Labute approximate surface area is 215 Å². The van der Waals surface area contributed by atoms with E-state index in [1.54, 1.807) is 24.5 Å². The number of anilines is 2. The van der Waals surface area contributed by atoms with Crippen LogP contribution in [0.5, 0.6) is 5.88 Å². The van der Waals surface area contributed by atoms with E-state index in [1.165, 1.54) is 6.07 Å². The largest absolute Gasteiger partial charge is 0.471 e. The van der Waals surface area contributed by atoms with E-state index in [9.17, 15) is 4.79 Å². The first-order chi connectivity index (χ1) is 17.8. The van der Waals surface area contributed by atoms with Crippen LogP contribution in [-0.4, -0.2) is 55.0 Å². The molecule has 2 N–H and O–H groups in total. The summed E-state index contributed by atoms with van der Waals surface area (Å²) in [6, 6.07) is 4.98. The fraction of sp³-hybridized carbons (Fsp3) is 0.464. The molecule has 2 fully saturated rings. The van der Waals surface area contributed by atoms with E-state index in [-0.39, 0.29) is 18.0 Å². The number of piperidine rings is 1. The van der Waals surface area contributed by atoms with Gasteiger partial charge in [-0.25, -0.2) is 19.2 Å². The number of benzene rings is 1. The van der Waals surface area contributed by atoms with Gasteiger partial charge in [-0.1, -0.05) is 0 Å². The van der Waals surface area contributed by atoms with Gasteiger partial charge in [0.25, 0.3) is 0 Å². The molecule has 1 amide bonds. The fourth-order valence-electron chi connectivity index (χ4n) is 6.16. The van der Waals surface area contributed by atoms with E-state index in [2.05, 4.69) is 25.5 Å². The third-order valence-corrected chi connectivity index (χ3v) is 8.09. The number of rotatable bonds is 3. The maximum atomic E-state index is 15.2. The molecule has 6 rings (SSSR count). The van der Waals surface area contributed by atoms with Gasteiger partial charge in [0.1, 0.15) is 29.5 Å². The van der Waals surface area contributed by atoms with Crippen LogP contribution >= 0.6 is 0 Å². The Bertz CT molecular complexity index is 1370. The van der Waals surface area contributed by atoms with Crippen molar-refractivity contribution >= 4 is 28.4 Å². The summed E-state index contributed by atoms with van der Waals surface area (Å²) in [5.41, 5.74) is 3.25. The summed E-state index contributed by atoms with van der Waals surface area (Å²) in [6.07, 6.45) is 6.82. The topological polar surface area (TPSA) is 88.6 Å². The number of ether oxygens (including phenoxy) is 2. The second-order valence-corrected chi connectivity index (χ2v) is 10.8. The molecule has 1 saturated carbocycles. The lowest BCUT2D eigenvalue weighted by Crippen LogP contribution is -2.49. The molecular formula is C28H32FN5O3. The molecular weight excluding hydrogens is 473 g/mol. The van der Waals surface area contributed by atoms with Crippen LogP contribution in [-0.2, 0) is 4.74 Å². The highest BCUT2D eigenvalue weighted by Crippen LogP contribution is 2.49. The van der Waals surface area contributed by atoms with Gasteiger partial charge in [-0.2, -0.15) is 0 Å². The third kappa shape index (κ3) is 4.45. The molecule has 9 heteroatoms. The Morgan fingerprint density at radius 1 is 1.16 bits per heavy atom. The van der Waals surface area contributed by atoms with E-state index >= 15 is 4.39 Å². The number of carbonyl (C=O) groups excluding carboxylic acids is 1. The lowest BCUT2D eigenvalue weighted by molar-refractivity contribution is -0.0539. The number of pyridine rings is 2. The maximum absolute atomic E-state index is 15.2. The average Bonchev–Trinajstić information content (AvgIpc) is 2.83. The highest BCUT2D eigenvalue weighted by molar-refractivity contribution is 5.92. The molecule has 2 aliphatic heterocycles. The second-order valence-electron chi connectivity index (χ2n) is 10.8. The summed E-state index contributed by atoms with van der Waals surface area (Å²) < 4.78 is 26.8. The zero-order valence-electron chi connectivity index (χ0n) is 21.4. The first-order valence-electron chi connectivity index (χ1n) is 13.0. The predicted octanol–water partition coefficient (Wildman–Crippen LogP) is 5.04. The van der Waals surface area contributed by atoms with Crippen LogP contribution in [0.15, 0.2) is 30.6 Å². The molecule has 1 aromatic carbocycles. The van der Waals surface area contributed by atoms with Gasteiger partial charge in [-0.05, 0) is 87.2 Å². The number of carbonyl (C=O) groups is 1. The normalized spacial score (nSPS) is 20.8. The van der Waals surface area contributed by atoms with Crippen LogP contribution < -0.4 is 20.3 Å². The molecule has 1 saturated heterocycles. The Hall–Kier alpha value is -3.46. The summed E-state index contributed by atoms with van der Waals surface area (Å²) in [7, 11) is 1.99. The number of hydrogen-bond donors (Lipinski definition) is 2. The molecule has 3 aliphatic rings. The maximum Gasteiger partial charge on any atom is 0.413 e. The molecule has 0 radical (unpaired) electrons. The highest BCUT2D eigenvalue weighted by atomic mass is 19.1. The molecule has 8 nitrogen and oxygen atoms in total. The number of aromatic nitrogens is 2. The number of nitrogens with one attached hydrogen (secondary N) is 2. The molecule has 1 aliphatic carbocycles. The van der Waals surface area contributed by atoms with Gasteiger partial charge >= 0.3 is 6.09 Å². The quantitative estimate of drug-likeness (QED) is 0.515. The lowest BCUT2D eigenvalue weighted by Gasteiger charge is -2.49. The van der Waals surface area contributed by atoms with Gasteiger partial charge in [0.2, 0.25) is 5.88 Å². The van der Waals surface area contributed by atoms with Crippen LogP contribution in [0, 0.1) is 18.2 Å². The van der Waals surface area contributed by atoms with E-state index in [4.69, 9.17) is 9.47 Å². The number of fused-ring (bicyclic) bond motifs is 2. The minimum Gasteiger partial charge on any atom is -0.471 e. The van der Waals surface area contributed by atoms with Crippen LogP contribution in [0.3, 0.4) is 0 Å². The van der Waals surface area contributed by atoms with Gasteiger partial charge in [0.15, 0.2) is 0 Å².